The Balaban J connectivity index is 2.21. The van der Waals surface area contributed by atoms with E-state index in [4.69, 9.17) is 11.6 Å². The van der Waals surface area contributed by atoms with E-state index >= 15 is 0 Å². The van der Waals surface area contributed by atoms with E-state index in [0.717, 1.165) is 6.20 Å². The van der Waals surface area contributed by atoms with Gasteiger partial charge in [-0.15, -0.1) is 5.10 Å². The van der Waals surface area contributed by atoms with Gasteiger partial charge in [0.1, 0.15) is 11.9 Å². The van der Waals surface area contributed by atoms with Crippen molar-refractivity contribution < 1.29 is 4.92 Å². The summed E-state index contributed by atoms with van der Waals surface area (Å²) in [6, 6.07) is 9.09. The Labute approximate surface area is 123 Å². The molecule has 0 aliphatic rings. The SMILES string of the molecule is O=[N+]([O-])c1cnc(Cl)nc1-c1cnnn1-c1ccccc1. The van der Waals surface area contributed by atoms with E-state index in [9.17, 15) is 10.1 Å². The lowest BCUT2D eigenvalue weighted by molar-refractivity contribution is -0.384. The number of benzene rings is 1. The molecule has 0 amide bonds. The molecule has 3 aromatic rings. The minimum absolute atomic E-state index is 0.0638. The Kier molecular flexibility index (Phi) is 3.28. The summed E-state index contributed by atoms with van der Waals surface area (Å²) < 4.78 is 1.45. The van der Waals surface area contributed by atoms with Crippen molar-refractivity contribution in [1.82, 2.24) is 25.0 Å². The van der Waals surface area contributed by atoms with Crippen molar-refractivity contribution in [2.75, 3.05) is 0 Å². The maximum Gasteiger partial charge on any atom is 0.315 e. The molecule has 0 saturated carbocycles. The minimum Gasteiger partial charge on any atom is -0.258 e. The fourth-order valence-corrected chi connectivity index (χ4v) is 1.97. The lowest BCUT2D eigenvalue weighted by Gasteiger charge is -2.05. The molecule has 0 saturated heterocycles. The molecule has 2 aromatic heterocycles. The van der Waals surface area contributed by atoms with E-state index in [1.54, 1.807) is 12.1 Å². The summed E-state index contributed by atoms with van der Waals surface area (Å²) in [5.41, 5.74) is 0.860. The van der Waals surface area contributed by atoms with Gasteiger partial charge in [-0.3, -0.25) is 10.1 Å². The van der Waals surface area contributed by atoms with Gasteiger partial charge in [0.15, 0.2) is 5.69 Å². The highest BCUT2D eigenvalue weighted by Gasteiger charge is 2.22. The lowest BCUT2D eigenvalue weighted by Crippen LogP contribution is -2.03. The van der Waals surface area contributed by atoms with Crippen LogP contribution in [-0.4, -0.2) is 29.9 Å². The Hall–Kier alpha value is -2.87. The summed E-state index contributed by atoms with van der Waals surface area (Å²) in [6.45, 7) is 0. The zero-order chi connectivity index (χ0) is 14.8. The molecule has 0 aliphatic heterocycles. The number of halogens is 1. The van der Waals surface area contributed by atoms with E-state index in [1.807, 2.05) is 18.2 Å². The molecule has 0 fully saturated rings. The van der Waals surface area contributed by atoms with E-state index in [-0.39, 0.29) is 16.7 Å². The first kappa shape index (κ1) is 13.1. The molecule has 0 aliphatic carbocycles. The van der Waals surface area contributed by atoms with Crippen molar-refractivity contribution >= 4 is 17.3 Å². The zero-order valence-corrected chi connectivity index (χ0v) is 11.2. The smallest absolute Gasteiger partial charge is 0.258 e. The minimum atomic E-state index is -0.575. The first-order chi connectivity index (χ1) is 10.2. The molecule has 0 N–H and O–H groups in total. The van der Waals surface area contributed by atoms with Gasteiger partial charge in [0.2, 0.25) is 5.28 Å². The highest BCUT2D eigenvalue weighted by atomic mass is 35.5. The largest absolute Gasteiger partial charge is 0.315 e. The summed E-state index contributed by atoms with van der Waals surface area (Å²) in [6.07, 6.45) is 2.45. The summed E-state index contributed by atoms with van der Waals surface area (Å²) in [4.78, 5) is 18.1. The van der Waals surface area contributed by atoms with Crippen molar-refractivity contribution in [2.45, 2.75) is 0 Å². The van der Waals surface area contributed by atoms with E-state index in [1.165, 1.54) is 10.9 Å². The molecule has 3 rings (SSSR count). The van der Waals surface area contributed by atoms with Gasteiger partial charge in [-0.2, -0.15) is 0 Å². The van der Waals surface area contributed by atoms with Crippen LogP contribution < -0.4 is 0 Å². The number of hydrogen-bond donors (Lipinski definition) is 0. The normalized spacial score (nSPS) is 10.5. The van der Waals surface area contributed by atoms with Gasteiger partial charge in [0.05, 0.1) is 16.8 Å². The summed E-state index contributed by atoms with van der Waals surface area (Å²) in [5, 5.41) is 18.7. The predicted octanol–water partition coefficient (Wildman–Crippen LogP) is 2.29. The average Bonchev–Trinajstić information content (AvgIpc) is 2.97. The van der Waals surface area contributed by atoms with Crippen LogP contribution in [0.3, 0.4) is 0 Å². The maximum absolute atomic E-state index is 11.1. The molecule has 9 heteroatoms. The second-order valence-electron chi connectivity index (χ2n) is 4.00. The van der Waals surface area contributed by atoms with Crippen LogP contribution in [0.1, 0.15) is 0 Å². The fraction of sp³-hybridized carbons (Fsp3) is 0. The van der Waals surface area contributed by atoms with Gasteiger partial charge < -0.3 is 0 Å². The van der Waals surface area contributed by atoms with Crippen LogP contribution >= 0.6 is 11.6 Å². The topological polar surface area (TPSA) is 99.6 Å². The van der Waals surface area contributed by atoms with E-state index in [0.29, 0.717) is 11.4 Å². The van der Waals surface area contributed by atoms with Crippen molar-refractivity contribution in [1.29, 1.82) is 0 Å². The van der Waals surface area contributed by atoms with Crippen LogP contribution in [0.5, 0.6) is 0 Å². The summed E-state index contributed by atoms with van der Waals surface area (Å²) in [5.74, 6) is 0. The molecule has 0 atom stereocenters. The molecular weight excluding hydrogens is 296 g/mol. The lowest BCUT2D eigenvalue weighted by atomic mass is 10.2. The summed E-state index contributed by atoms with van der Waals surface area (Å²) >= 11 is 5.74. The number of para-hydroxylation sites is 1. The number of hydrogen-bond acceptors (Lipinski definition) is 6. The van der Waals surface area contributed by atoms with Crippen molar-refractivity contribution in [3.63, 3.8) is 0 Å². The maximum atomic E-state index is 11.1. The number of rotatable bonds is 3. The average molecular weight is 303 g/mol. The standard InChI is InChI=1S/C12H7ClN6O2/c13-12-14-6-10(19(20)21)11(16-12)9-7-15-17-18(9)8-4-2-1-3-5-8/h1-7H. The van der Waals surface area contributed by atoms with E-state index in [2.05, 4.69) is 20.3 Å². The number of nitrogens with zero attached hydrogens (tertiary/aromatic N) is 6. The molecule has 0 spiro atoms. The van der Waals surface area contributed by atoms with Gasteiger partial charge in [0.25, 0.3) is 0 Å². The molecular formula is C12H7ClN6O2. The highest BCUT2D eigenvalue weighted by Crippen LogP contribution is 2.28. The van der Waals surface area contributed by atoms with Gasteiger partial charge in [-0.1, -0.05) is 23.4 Å². The van der Waals surface area contributed by atoms with Crippen molar-refractivity contribution in [3.05, 3.63) is 58.1 Å². The Bertz CT molecular complexity index is 805. The Morgan fingerprint density at radius 2 is 1.95 bits per heavy atom. The predicted molar refractivity (Wildman–Crippen MR) is 74.0 cm³/mol. The highest BCUT2D eigenvalue weighted by molar-refractivity contribution is 6.28. The van der Waals surface area contributed by atoms with Gasteiger partial charge in [-0.25, -0.2) is 14.6 Å². The molecule has 8 nitrogen and oxygen atoms in total. The number of nitro groups is 1. The van der Waals surface area contributed by atoms with Gasteiger partial charge in [0, 0.05) is 0 Å². The second kappa shape index (κ2) is 5.25. The number of aromatic nitrogens is 5. The monoisotopic (exact) mass is 302 g/mol. The van der Waals surface area contributed by atoms with Crippen LogP contribution in [0.15, 0.2) is 42.7 Å². The quantitative estimate of drug-likeness (QED) is 0.418. The third-order valence-corrected chi connectivity index (χ3v) is 2.91. The molecule has 0 unspecified atom stereocenters. The third-order valence-electron chi connectivity index (χ3n) is 2.73. The molecule has 0 radical (unpaired) electrons. The van der Waals surface area contributed by atoms with E-state index < -0.39 is 4.92 Å². The van der Waals surface area contributed by atoms with Crippen LogP contribution in [0, 0.1) is 10.1 Å². The fourth-order valence-electron chi connectivity index (χ4n) is 1.83. The molecule has 1 aromatic carbocycles. The first-order valence-corrected chi connectivity index (χ1v) is 6.18. The molecule has 2 heterocycles. The van der Waals surface area contributed by atoms with Crippen LogP contribution in [0.4, 0.5) is 5.69 Å². The van der Waals surface area contributed by atoms with Crippen LogP contribution in [0.2, 0.25) is 5.28 Å². The molecule has 104 valence electrons. The van der Waals surface area contributed by atoms with Crippen molar-refractivity contribution in [2.24, 2.45) is 0 Å². The molecule has 0 bridgehead atoms. The zero-order valence-electron chi connectivity index (χ0n) is 10.4. The van der Waals surface area contributed by atoms with Crippen LogP contribution in [-0.2, 0) is 0 Å². The summed E-state index contributed by atoms with van der Waals surface area (Å²) in [7, 11) is 0. The molecule has 21 heavy (non-hydrogen) atoms. The Morgan fingerprint density at radius 1 is 1.19 bits per heavy atom. The first-order valence-electron chi connectivity index (χ1n) is 5.80. The second-order valence-corrected chi connectivity index (χ2v) is 4.33. The Morgan fingerprint density at radius 3 is 2.67 bits per heavy atom. The van der Waals surface area contributed by atoms with Gasteiger partial charge in [-0.05, 0) is 23.7 Å². The van der Waals surface area contributed by atoms with Crippen LogP contribution in [0.25, 0.3) is 17.1 Å². The van der Waals surface area contributed by atoms with Gasteiger partial charge >= 0.3 is 5.69 Å². The van der Waals surface area contributed by atoms with Crippen molar-refractivity contribution in [3.8, 4) is 17.1 Å². The third kappa shape index (κ3) is 2.43.